The highest BCUT2D eigenvalue weighted by molar-refractivity contribution is 6.11. The number of pyridine rings is 2. The molecule has 0 saturated carbocycles. The Balaban J connectivity index is 2.19. The zero-order valence-corrected chi connectivity index (χ0v) is 15.6. The van der Waals surface area contributed by atoms with Crippen molar-refractivity contribution >= 4 is 38.5 Å². The molecule has 0 aliphatic carbocycles. The third-order valence-electron chi connectivity index (χ3n) is 5.47. The summed E-state index contributed by atoms with van der Waals surface area (Å²) in [6.07, 6.45) is 0. The summed E-state index contributed by atoms with van der Waals surface area (Å²) < 4.78 is 4.69. The Morgan fingerprint density at radius 1 is 0.962 bits per heavy atom. The molecule has 0 unspecified atom stereocenters. The van der Waals surface area contributed by atoms with E-state index in [0.29, 0.717) is 5.92 Å². The highest BCUT2D eigenvalue weighted by Crippen LogP contribution is 2.33. The lowest BCUT2D eigenvalue weighted by atomic mass is 10.0. The third kappa shape index (κ3) is 1.88. The summed E-state index contributed by atoms with van der Waals surface area (Å²) in [7, 11) is 2.15. The minimum absolute atomic E-state index is 0.410. The monoisotopic (exact) mass is 340 g/mol. The number of nitrogens with zero attached hydrogens (tertiary/aromatic N) is 3. The van der Waals surface area contributed by atoms with Gasteiger partial charge in [-0.1, -0.05) is 38.1 Å². The van der Waals surface area contributed by atoms with Crippen LogP contribution >= 0.6 is 0 Å². The van der Waals surface area contributed by atoms with E-state index in [9.17, 15) is 0 Å². The Hall–Kier alpha value is -2.94. The largest absolute Gasteiger partial charge is 0.297 e. The van der Waals surface area contributed by atoms with Gasteiger partial charge in [0.05, 0.1) is 18.0 Å². The quantitative estimate of drug-likeness (QED) is 0.309. The summed E-state index contributed by atoms with van der Waals surface area (Å²) in [5, 5.41) is 2.45. The van der Waals surface area contributed by atoms with Gasteiger partial charge in [0.25, 0.3) is 5.65 Å². The number of para-hydroxylation sites is 3. The predicted molar refractivity (Wildman–Crippen MR) is 108 cm³/mol. The zero-order chi connectivity index (χ0) is 18.0. The molecular formula is C23H22N3+. The summed E-state index contributed by atoms with van der Waals surface area (Å²) in [4.78, 5) is 5.10. The van der Waals surface area contributed by atoms with E-state index < -0.39 is 0 Å². The number of aryl methyl sites for hydroxylation is 2. The van der Waals surface area contributed by atoms with Crippen LogP contribution in [0.1, 0.15) is 31.0 Å². The standard InChI is InChI=1S/C23H22N3/c1-14(2)17-13-15(3)21-22(24-17)16-9-5-6-10-18(16)26-20-12-8-7-11-19(20)25(4)23(21)26/h5-14H,1-4H3/q+1. The van der Waals surface area contributed by atoms with Crippen LogP contribution < -0.4 is 4.57 Å². The summed E-state index contributed by atoms with van der Waals surface area (Å²) in [6, 6.07) is 19.5. The molecule has 0 amide bonds. The number of benzene rings is 2. The van der Waals surface area contributed by atoms with Crippen molar-refractivity contribution < 1.29 is 4.57 Å². The molecule has 5 rings (SSSR count). The van der Waals surface area contributed by atoms with Crippen LogP contribution in [0.5, 0.6) is 0 Å². The number of aromatic nitrogens is 3. The lowest BCUT2D eigenvalue weighted by molar-refractivity contribution is -0.617. The molecule has 2 aromatic carbocycles. The molecular weight excluding hydrogens is 318 g/mol. The molecule has 0 N–H and O–H groups in total. The fourth-order valence-electron chi connectivity index (χ4n) is 4.18. The Labute approximate surface area is 152 Å². The topological polar surface area (TPSA) is 21.2 Å². The molecule has 3 heteroatoms. The van der Waals surface area contributed by atoms with Crippen molar-refractivity contribution in [2.45, 2.75) is 26.7 Å². The zero-order valence-electron chi connectivity index (χ0n) is 15.6. The first-order valence-corrected chi connectivity index (χ1v) is 9.19. The van der Waals surface area contributed by atoms with Crippen LogP contribution in [0.15, 0.2) is 54.6 Å². The molecule has 0 fully saturated rings. The van der Waals surface area contributed by atoms with Gasteiger partial charge in [0.15, 0.2) is 11.0 Å². The SMILES string of the molecule is Cc1cc(C(C)C)nc2c3ccccc3n3c4ccccc4[n+](C)c3c12. The molecule has 0 atom stereocenters. The van der Waals surface area contributed by atoms with Crippen molar-refractivity contribution in [1.82, 2.24) is 9.38 Å². The number of hydrogen-bond donors (Lipinski definition) is 0. The molecule has 5 aromatic rings. The van der Waals surface area contributed by atoms with Gasteiger partial charge in [0.1, 0.15) is 5.52 Å². The predicted octanol–water partition coefficient (Wildman–Crippen LogP) is 5.05. The van der Waals surface area contributed by atoms with E-state index in [2.05, 4.69) is 91.4 Å². The smallest absolute Gasteiger partial charge is 0.251 e. The van der Waals surface area contributed by atoms with E-state index in [-0.39, 0.29) is 0 Å². The van der Waals surface area contributed by atoms with Crippen LogP contribution in [-0.4, -0.2) is 9.38 Å². The third-order valence-corrected chi connectivity index (χ3v) is 5.47. The molecule has 3 heterocycles. The number of fused-ring (bicyclic) bond motifs is 8. The molecule has 0 radical (unpaired) electrons. The summed E-state index contributed by atoms with van der Waals surface area (Å²) in [5.74, 6) is 0.410. The fourth-order valence-corrected chi connectivity index (χ4v) is 4.18. The molecule has 0 spiro atoms. The second kappa shape index (κ2) is 5.28. The maximum Gasteiger partial charge on any atom is 0.297 e. The summed E-state index contributed by atoms with van der Waals surface area (Å²) in [6.45, 7) is 6.63. The average Bonchev–Trinajstić information content (AvgIpc) is 2.95. The molecule has 128 valence electrons. The van der Waals surface area contributed by atoms with Gasteiger partial charge in [-0.05, 0) is 48.7 Å². The highest BCUT2D eigenvalue weighted by Gasteiger charge is 2.25. The molecule has 3 aromatic heterocycles. The Kier molecular flexibility index (Phi) is 3.11. The Morgan fingerprint density at radius 2 is 1.65 bits per heavy atom. The second-order valence-corrected chi connectivity index (χ2v) is 7.47. The van der Waals surface area contributed by atoms with Gasteiger partial charge in [-0.3, -0.25) is 4.98 Å². The van der Waals surface area contributed by atoms with Gasteiger partial charge in [-0.2, -0.15) is 4.40 Å². The van der Waals surface area contributed by atoms with Crippen LogP contribution in [0, 0.1) is 6.92 Å². The number of hydrogen-bond acceptors (Lipinski definition) is 1. The molecule has 0 saturated heterocycles. The van der Waals surface area contributed by atoms with Gasteiger partial charge in [-0.15, -0.1) is 0 Å². The van der Waals surface area contributed by atoms with Crippen LogP contribution in [0.25, 0.3) is 38.5 Å². The van der Waals surface area contributed by atoms with E-state index in [4.69, 9.17) is 4.98 Å². The minimum atomic E-state index is 0.410. The molecule has 0 aliphatic rings. The van der Waals surface area contributed by atoms with Crippen molar-refractivity contribution in [3.05, 3.63) is 65.9 Å². The first kappa shape index (κ1) is 15.3. The molecule has 3 nitrogen and oxygen atoms in total. The van der Waals surface area contributed by atoms with Crippen molar-refractivity contribution in [3.63, 3.8) is 0 Å². The fraction of sp³-hybridized carbons (Fsp3) is 0.217. The van der Waals surface area contributed by atoms with Crippen molar-refractivity contribution in [2.24, 2.45) is 7.05 Å². The van der Waals surface area contributed by atoms with Gasteiger partial charge < -0.3 is 0 Å². The minimum Gasteiger partial charge on any atom is -0.251 e. The van der Waals surface area contributed by atoms with Gasteiger partial charge in [-0.25, -0.2) is 4.57 Å². The Bertz CT molecular complexity index is 1330. The Morgan fingerprint density at radius 3 is 2.42 bits per heavy atom. The van der Waals surface area contributed by atoms with Gasteiger partial charge >= 0.3 is 0 Å². The lowest BCUT2D eigenvalue weighted by Crippen LogP contribution is -2.27. The normalized spacial score (nSPS) is 12.2. The van der Waals surface area contributed by atoms with Crippen LogP contribution in [-0.2, 0) is 7.05 Å². The van der Waals surface area contributed by atoms with E-state index >= 15 is 0 Å². The maximum atomic E-state index is 5.10. The molecule has 0 bridgehead atoms. The van der Waals surface area contributed by atoms with E-state index in [1.165, 1.54) is 38.5 Å². The first-order valence-electron chi connectivity index (χ1n) is 9.19. The summed E-state index contributed by atoms with van der Waals surface area (Å²) in [5.41, 5.74) is 8.43. The van der Waals surface area contributed by atoms with Crippen molar-refractivity contribution in [3.8, 4) is 0 Å². The maximum absolute atomic E-state index is 5.10. The van der Waals surface area contributed by atoms with Gasteiger partial charge in [0, 0.05) is 11.1 Å². The number of imidazole rings is 1. The van der Waals surface area contributed by atoms with Crippen LogP contribution in [0.3, 0.4) is 0 Å². The van der Waals surface area contributed by atoms with Crippen LogP contribution in [0.2, 0.25) is 0 Å². The van der Waals surface area contributed by atoms with Crippen LogP contribution in [0.4, 0.5) is 0 Å². The first-order chi connectivity index (χ1) is 12.6. The molecule has 0 aliphatic heterocycles. The highest BCUT2D eigenvalue weighted by atomic mass is 15.1. The van der Waals surface area contributed by atoms with Crippen molar-refractivity contribution in [1.29, 1.82) is 0 Å². The molecule has 26 heavy (non-hydrogen) atoms. The van der Waals surface area contributed by atoms with E-state index in [0.717, 1.165) is 11.2 Å². The van der Waals surface area contributed by atoms with E-state index in [1.54, 1.807) is 0 Å². The summed E-state index contributed by atoms with van der Waals surface area (Å²) >= 11 is 0. The number of rotatable bonds is 1. The van der Waals surface area contributed by atoms with Crippen molar-refractivity contribution in [2.75, 3.05) is 0 Å². The van der Waals surface area contributed by atoms with Gasteiger partial charge in [0.2, 0.25) is 0 Å². The average molecular weight is 340 g/mol. The lowest BCUT2D eigenvalue weighted by Gasteiger charge is -2.11. The second-order valence-electron chi connectivity index (χ2n) is 7.47. The van der Waals surface area contributed by atoms with E-state index in [1.807, 2.05) is 0 Å².